The van der Waals surface area contributed by atoms with Crippen molar-refractivity contribution < 1.29 is 4.42 Å². The zero-order valence-corrected chi connectivity index (χ0v) is 37.8. The van der Waals surface area contributed by atoms with Gasteiger partial charge in [-0.3, -0.25) is 0 Å². The van der Waals surface area contributed by atoms with Gasteiger partial charge >= 0.3 is 0 Å². The Labute approximate surface area is 403 Å². The van der Waals surface area contributed by atoms with Crippen LogP contribution in [0.3, 0.4) is 0 Å². The summed E-state index contributed by atoms with van der Waals surface area (Å²) in [5.41, 5.74) is 14.5. The minimum Gasteiger partial charge on any atom is -0.456 e. The molecule has 14 rings (SSSR count). The minimum absolute atomic E-state index is 0.574. The molecule has 0 amide bonds. The molecule has 5 nitrogen and oxygen atoms in total. The number of hydrogen-bond acceptors (Lipinski definition) is 4. The SMILES string of the molecule is c1ccc(-c2ccc(-c3nc(-c4ccccc4)nc(-c4cccc5oc6ccc(-n7c8cc(-c9ccccc9)c9ccccc9c8c8c9ccccc9c(-c9ccccc9)cc87)cc6c45)n3)cc2)cc1. The van der Waals surface area contributed by atoms with Crippen molar-refractivity contribution in [3.63, 3.8) is 0 Å². The number of rotatable bonds is 7. The highest BCUT2D eigenvalue weighted by molar-refractivity contribution is 6.31. The number of furan rings is 1. The van der Waals surface area contributed by atoms with Crippen LogP contribution in [0.5, 0.6) is 0 Å². The van der Waals surface area contributed by atoms with Crippen LogP contribution in [0.25, 0.3) is 139 Å². The summed E-state index contributed by atoms with van der Waals surface area (Å²) in [4.78, 5) is 15.6. The molecule has 0 saturated heterocycles. The summed E-state index contributed by atoms with van der Waals surface area (Å²) in [7, 11) is 0. The number of benzene rings is 11. The van der Waals surface area contributed by atoms with Crippen LogP contribution >= 0.6 is 0 Å². The van der Waals surface area contributed by atoms with E-state index in [0.717, 1.165) is 66.5 Å². The van der Waals surface area contributed by atoms with Gasteiger partial charge < -0.3 is 8.98 Å². The van der Waals surface area contributed by atoms with E-state index in [-0.39, 0.29) is 0 Å². The second-order valence-electron chi connectivity index (χ2n) is 17.9. The van der Waals surface area contributed by atoms with Crippen LogP contribution < -0.4 is 0 Å². The van der Waals surface area contributed by atoms with Crippen molar-refractivity contribution in [1.29, 1.82) is 0 Å². The van der Waals surface area contributed by atoms with Crippen LogP contribution in [0.4, 0.5) is 0 Å². The van der Waals surface area contributed by atoms with Gasteiger partial charge in [-0.15, -0.1) is 0 Å². The van der Waals surface area contributed by atoms with Crippen molar-refractivity contribution in [3.8, 4) is 73.2 Å². The molecule has 0 saturated carbocycles. The molecular formula is C65H40N4O. The summed E-state index contributed by atoms with van der Waals surface area (Å²) in [6, 6.07) is 85.9. The van der Waals surface area contributed by atoms with Crippen LogP contribution in [-0.2, 0) is 0 Å². The average molecular weight is 893 g/mol. The molecule has 0 aliphatic heterocycles. The van der Waals surface area contributed by atoms with Crippen LogP contribution in [0.15, 0.2) is 247 Å². The van der Waals surface area contributed by atoms with E-state index in [1.807, 2.05) is 48.5 Å². The first-order chi connectivity index (χ1) is 34.7. The van der Waals surface area contributed by atoms with Gasteiger partial charge in [-0.05, 0) is 91.3 Å². The predicted molar refractivity (Wildman–Crippen MR) is 289 cm³/mol. The third kappa shape index (κ3) is 6.44. The highest BCUT2D eigenvalue weighted by Crippen LogP contribution is 2.47. The maximum atomic E-state index is 6.74. The molecule has 0 atom stereocenters. The summed E-state index contributed by atoms with van der Waals surface area (Å²) in [5.74, 6) is 1.78. The van der Waals surface area contributed by atoms with Crippen molar-refractivity contribution in [3.05, 3.63) is 243 Å². The lowest BCUT2D eigenvalue weighted by Crippen LogP contribution is -2.00. The van der Waals surface area contributed by atoms with E-state index in [4.69, 9.17) is 19.4 Å². The van der Waals surface area contributed by atoms with Gasteiger partial charge in [0.05, 0.1) is 11.0 Å². The maximum absolute atomic E-state index is 6.74. The van der Waals surface area contributed by atoms with E-state index in [2.05, 4.69) is 199 Å². The molecule has 3 heterocycles. The monoisotopic (exact) mass is 892 g/mol. The Hall–Kier alpha value is -9.45. The molecule has 5 heteroatoms. The standard InChI is InChI=1S/C65H40N4O/c1-5-18-41(19-6-1)42-32-34-46(35-33-42)64-66-63(45-24-11-4-12-25-45)67-65(68-64)52-30-17-31-59-60(52)55-38-47(36-37-58(55)70-59)69-56-39-53(43-20-7-2-8-21-43)48-26-13-15-28-50(48)61(56)62-51-29-16-14-27-49(51)54(40-57(62)69)44-22-9-3-10-23-44/h1-40H. The Bertz CT molecular complexity index is 4180. The summed E-state index contributed by atoms with van der Waals surface area (Å²) >= 11 is 0. The van der Waals surface area contributed by atoms with Crippen LogP contribution in [-0.4, -0.2) is 19.5 Å². The molecule has 0 fully saturated rings. The van der Waals surface area contributed by atoms with E-state index in [9.17, 15) is 0 Å². The summed E-state index contributed by atoms with van der Waals surface area (Å²) in [5, 5.41) is 9.23. The Balaban J connectivity index is 1.04. The van der Waals surface area contributed by atoms with E-state index in [0.29, 0.717) is 17.5 Å². The van der Waals surface area contributed by atoms with Crippen molar-refractivity contribution in [2.75, 3.05) is 0 Å². The van der Waals surface area contributed by atoms with Gasteiger partial charge in [-0.2, -0.15) is 0 Å². The molecule has 70 heavy (non-hydrogen) atoms. The largest absolute Gasteiger partial charge is 0.456 e. The van der Waals surface area contributed by atoms with Gasteiger partial charge in [-0.1, -0.05) is 206 Å². The fourth-order valence-electron chi connectivity index (χ4n) is 10.6. The van der Waals surface area contributed by atoms with Gasteiger partial charge in [0, 0.05) is 43.9 Å². The molecule has 11 aromatic carbocycles. The Kier molecular flexibility index (Phi) is 9.14. The van der Waals surface area contributed by atoms with Crippen LogP contribution in [0.1, 0.15) is 0 Å². The van der Waals surface area contributed by atoms with Crippen molar-refractivity contribution >= 4 is 65.3 Å². The van der Waals surface area contributed by atoms with Crippen LogP contribution in [0.2, 0.25) is 0 Å². The van der Waals surface area contributed by atoms with Crippen LogP contribution in [0, 0.1) is 0 Å². The van der Waals surface area contributed by atoms with Gasteiger partial charge in [0.15, 0.2) is 17.5 Å². The van der Waals surface area contributed by atoms with E-state index in [1.165, 1.54) is 54.6 Å². The highest BCUT2D eigenvalue weighted by atomic mass is 16.3. The Morgan fingerprint density at radius 2 is 0.714 bits per heavy atom. The molecule has 0 aliphatic carbocycles. The molecule has 0 spiro atoms. The number of hydrogen-bond donors (Lipinski definition) is 0. The maximum Gasteiger partial charge on any atom is 0.164 e. The average Bonchev–Trinajstić information content (AvgIpc) is 3.99. The van der Waals surface area contributed by atoms with Gasteiger partial charge in [-0.25, -0.2) is 15.0 Å². The zero-order chi connectivity index (χ0) is 46.1. The summed E-state index contributed by atoms with van der Waals surface area (Å²) in [6.45, 7) is 0. The third-order valence-corrected chi connectivity index (χ3v) is 13.8. The molecule has 0 unspecified atom stereocenters. The fourth-order valence-corrected chi connectivity index (χ4v) is 10.6. The fraction of sp³-hybridized carbons (Fsp3) is 0. The van der Waals surface area contributed by atoms with Crippen molar-refractivity contribution in [2.24, 2.45) is 0 Å². The lowest BCUT2D eigenvalue weighted by atomic mass is 9.92. The van der Waals surface area contributed by atoms with Crippen molar-refractivity contribution in [1.82, 2.24) is 19.5 Å². The first kappa shape index (κ1) is 39.7. The smallest absolute Gasteiger partial charge is 0.164 e. The second-order valence-corrected chi connectivity index (χ2v) is 17.9. The minimum atomic E-state index is 0.574. The van der Waals surface area contributed by atoms with Gasteiger partial charge in [0.25, 0.3) is 0 Å². The molecule has 0 bridgehead atoms. The second kappa shape index (κ2) is 16.1. The summed E-state index contributed by atoms with van der Waals surface area (Å²) < 4.78 is 9.20. The lowest BCUT2D eigenvalue weighted by molar-refractivity contribution is 0.669. The molecule has 0 N–H and O–H groups in total. The number of fused-ring (bicyclic) bond motifs is 10. The predicted octanol–water partition coefficient (Wildman–Crippen LogP) is 17.2. The van der Waals surface area contributed by atoms with Gasteiger partial charge in [0.2, 0.25) is 0 Å². The molecule has 326 valence electrons. The molecule has 0 aliphatic rings. The Morgan fingerprint density at radius 1 is 0.271 bits per heavy atom. The lowest BCUT2D eigenvalue weighted by Gasteiger charge is -2.13. The molecule has 3 aromatic heterocycles. The van der Waals surface area contributed by atoms with E-state index in [1.54, 1.807) is 0 Å². The number of nitrogens with zero attached hydrogens (tertiary/aromatic N) is 4. The third-order valence-electron chi connectivity index (χ3n) is 13.8. The zero-order valence-electron chi connectivity index (χ0n) is 37.8. The molecule has 14 aromatic rings. The number of aromatic nitrogens is 4. The Morgan fingerprint density at radius 3 is 1.27 bits per heavy atom. The first-order valence-electron chi connectivity index (χ1n) is 23.7. The van der Waals surface area contributed by atoms with Gasteiger partial charge in [0.1, 0.15) is 11.2 Å². The van der Waals surface area contributed by atoms with E-state index < -0.39 is 0 Å². The summed E-state index contributed by atoms with van der Waals surface area (Å²) in [6.07, 6.45) is 0. The molecular weight excluding hydrogens is 853 g/mol. The normalized spacial score (nSPS) is 11.7. The quantitative estimate of drug-likeness (QED) is 0.160. The highest BCUT2D eigenvalue weighted by Gasteiger charge is 2.24. The first-order valence-corrected chi connectivity index (χ1v) is 23.7. The topological polar surface area (TPSA) is 56.7 Å². The van der Waals surface area contributed by atoms with E-state index >= 15 is 0 Å². The molecule has 0 radical (unpaired) electrons. The van der Waals surface area contributed by atoms with Crippen molar-refractivity contribution in [2.45, 2.75) is 0 Å².